The largest absolute Gasteiger partial charge is 0.507 e. The highest BCUT2D eigenvalue weighted by molar-refractivity contribution is 6.31. The zero-order valence-electron chi connectivity index (χ0n) is 25.7. The molecule has 2 fully saturated rings. The number of aromatic hydroxyl groups is 2. The number of aliphatic hydroxyl groups is 3. The van der Waals surface area contributed by atoms with Gasteiger partial charge in [0.15, 0.2) is 24.0 Å². The predicted molar refractivity (Wildman–Crippen MR) is 157 cm³/mol. The fourth-order valence-electron chi connectivity index (χ4n) is 7.05. The number of phenolic OH excluding ortho intramolecular Hbond substituents is 2. The van der Waals surface area contributed by atoms with Gasteiger partial charge < -0.3 is 44.5 Å². The summed E-state index contributed by atoms with van der Waals surface area (Å²) in [7, 11) is 1.32. The van der Waals surface area contributed by atoms with E-state index in [-0.39, 0.29) is 34.4 Å². The van der Waals surface area contributed by atoms with Crippen LogP contribution in [0.3, 0.4) is 0 Å². The molecule has 6 atom stereocenters. The summed E-state index contributed by atoms with van der Waals surface area (Å²) in [4.78, 5) is 40.4. The van der Waals surface area contributed by atoms with Gasteiger partial charge in [-0.05, 0) is 13.0 Å². The van der Waals surface area contributed by atoms with Crippen LogP contribution in [0.15, 0.2) is 18.2 Å². The highest BCUT2D eigenvalue weighted by atomic mass is 16.7. The second-order valence-electron chi connectivity index (χ2n) is 12.1. The molecule has 2 heterocycles. The van der Waals surface area contributed by atoms with E-state index < -0.39 is 95.7 Å². The molecular weight excluding hydrogens is 618 g/mol. The first kappa shape index (κ1) is 32.8. The van der Waals surface area contributed by atoms with Crippen LogP contribution in [-0.2, 0) is 25.4 Å². The number of hydrazine groups is 1. The van der Waals surface area contributed by atoms with Gasteiger partial charge in [-0.2, -0.15) is 5.26 Å². The molecule has 0 radical (unpaired) electrons. The van der Waals surface area contributed by atoms with Crippen LogP contribution in [-0.4, -0.2) is 123 Å². The Kier molecular flexibility index (Phi) is 8.70. The van der Waals surface area contributed by atoms with E-state index in [1.165, 1.54) is 30.3 Å². The zero-order valence-corrected chi connectivity index (χ0v) is 25.7. The molecule has 15 nitrogen and oxygen atoms in total. The van der Waals surface area contributed by atoms with Crippen molar-refractivity contribution < 1.29 is 58.9 Å². The number of hydrogen-bond acceptors (Lipinski definition) is 15. The first-order valence-corrected chi connectivity index (χ1v) is 15.2. The van der Waals surface area contributed by atoms with Crippen molar-refractivity contribution in [1.29, 1.82) is 5.26 Å². The maximum atomic E-state index is 13.9. The smallest absolute Gasteiger partial charge is 0.202 e. The van der Waals surface area contributed by atoms with Gasteiger partial charge in [-0.25, -0.2) is 10.0 Å². The third-order valence-electron chi connectivity index (χ3n) is 9.44. The molecule has 0 amide bonds. The molecule has 6 rings (SSSR count). The molecular formula is C32H35N3O12. The van der Waals surface area contributed by atoms with E-state index in [0.717, 1.165) is 0 Å². The Morgan fingerprint density at radius 2 is 1.85 bits per heavy atom. The quantitative estimate of drug-likeness (QED) is 0.129. The molecule has 250 valence electrons. The lowest BCUT2D eigenvalue weighted by Gasteiger charge is -2.46. The minimum Gasteiger partial charge on any atom is -0.507 e. The van der Waals surface area contributed by atoms with E-state index in [1.54, 1.807) is 11.9 Å². The van der Waals surface area contributed by atoms with Crippen molar-refractivity contribution in [3.05, 3.63) is 51.6 Å². The van der Waals surface area contributed by atoms with Crippen LogP contribution in [0.1, 0.15) is 68.8 Å². The number of phenols is 2. The van der Waals surface area contributed by atoms with Gasteiger partial charge in [0.2, 0.25) is 5.78 Å². The summed E-state index contributed by atoms with van der Waals surface area (Å²) in [6.45, 7) is 2.10. The van der Waals surface area contributed by atoms with E-state index in [4.69, 9.17) is 18.9 Å². The molecule has 2 saturated heterocycles. The molecule has 2 aliphatic carbocycles. The number of ketones is 3. The van der Waals surface area contributed by atoms with E-state index in [2.05, 4.69) is 6.19 Å². The number of methoxy groups -OCH3 is 1. The van der Waals surface area contributed by atoms with Crippen LogP contribution in [0.4, 0.5) is 0 Å². The van der Waals surface area contributed by atoms with Crippen LogP contribution < -0.4 is 4.74 Å². The summed E-state index contributed by atoms with van der Waals surface area (Å²) < 4.78 is 22.9. The highest BCUT2D eigenvalue weighted by Gasteiger charge is 2.51. The Bertz CT molecular complexity index is 1670. The number of nitriles is 1. The summed E-state index contributed by atoms with van der Waals surface area (Å²) in [5, 5.41) is 68.6. The first-order chi connectivity index (χ1) is 22.4. The number of aliphatic hydroxyl groups excluding tert-OH is 2. The number of benzene rings is 2. The topological polar surface area (TPSA) is 220 Å². The SMILES string of the molecule is COc1cccc2c1C(=O)c1c(O)c3c(c(O)c1C2=O)C[C@@](O)(C(=O)CO)C[C@@H]3OC1CC(N(C#N)N2CCOCC2)C(O)C(C)O1. The lowest BCUT2D eigenvalue weighted by molar-refractivity contribution is -0.267. The van der Waals surface area contributed by atoms with Crippen LogP contribution in [0.25, 0.3) is 0 Å². The van der Waals surface area contributed by atoms with Gasteiger partial charge in [-0.15, -0.1) is 0 Å². The number of morpholine rings is 1. The number of fused-ring (bicyclic) bond motifs is 3. The number of carbonyl (C=O) groups excluding carboxylic acids is 3. The summed E-state index contributed by atoms with van der Waals surface area (Å²) >= 11 is 0. The summed E-state index contributed by atoms with van der Waals surface area (Å²) in [6.07, 6.45) is -3.68. The fraction of sp³-hybridized carbons (Fsp3) is 0.500. The Morgan fingerprint density at radius 3 is 2.51 bits per heavy atom. The first-order valence-electron chi connectivity index (χ1n) is 15.2. The van der Waals surface area contributed by atoms with E-state index in [0.29, 0.717) is 26.3 Å². The lowest BCUT2D eigenvalue weighted by Crippen LogP contribution is -2.60. The highest BCUT2D eigenvalue weighted by Crippen LogP contribution is 2.52. The molecule has 4 aliphatic rings. The van der Waals surface area contributed by atoms with Crippen molar-refractivity contribution >= 4 is 17.3 Å². The molecule has 2 aromatic rings. The molecule has 0 aromatic heterocycles. The lowest BCUT2D eigenvalue weighted by atomic mass is 9.72. The summed E-state index contributed by atoms with van der Waals surface area (Å²) in [5.74, 6) is -3.93. The van der Waals surface area contributed by atoms with Crippen molar-refractivity contribution in [3.63, 3.8) is 0 Å². The van der Waals surface area contributed by atoms with Crippen molar-refractivity contribution in [2.24, 2.45) is 0 Å². The third-order valence-corrected chi connectivity index (χ3v) is 9.44. The zero-order chi connectivity index (χ0) is 33.8. The molecule has 0 bridgehead atoms. The van der Waals surface area contributed by atoms with Gasteiger partial charge in [0.05, 0.1) is 55.3 Å². The van der Waals surface area contributed by atoms with Gasteiger partial charge in [0.1, 0.15) is 35.6 Å². The molecule has 5 N–H and O–H groups in total. The number of hydrogen-bond donors (Lipinski definition) is 5. The second-order valence-corrected chi connectivity index (χ2v) is 12.1. The maximum absolute atomic E-state index is 13.9. The van der Waals surface area contributed by atoms with Gasteiger partial charge in [-0.3, -0.25) is 14.4 Å². The summed E-state index contributed by atoms with van der Waals surface area (Å²) in [5.41, 5.74) is -3.86. The average Bonchev–Trinajstić information content (AvgIpc) is 3.07. The minimum absolute atomic E-state index is 0.0710. The average molecular weight is 654 g/mol. The number of nitrogens with zero attached hydrogens (tertiary/aromatic N) is 3. The Labute approximate surface area is 269 Å². The van der Waals surface area contributed by atoms with Gasteiger partial charge in [0.25, 0.3) is 0 Å². The standard InChI is InChI=1S/C32H35N3O12/c1-15-27(38)18(35(14-33)34-6-8-45-9-7-34)10-22(46-15)47-20-12-32(43,21(37)13-36)11-17-24(20)31(42)26-25(29(17)40)28(39)16-4-3-5-19(44-2)23(16)30(26)41/h3-5,15,18,20,22,27,36,38,40,42-43H,6-13H2,1-2H3/t15?,18?,20-,22?,27?,32-/m0/s1. The number of carbonyl (C=O) groups is 3. The van der Waals surface area contributed by atoms with E-state index in [1.807, 2.05) is 0 Å². The van der Waals surface area contributed by atoms with Crippen molar-refractivity contribution in [2.75, 3.05) is 40.0 Å². The van der Waals surface area contributed by atoms with Crippen molar-refractivity contribution in [2.45, 2.75) is 62.4 Å². The Balaban J connectivity index is 1.43. The van der Waals surface area contributed by atoms with Gasteiger partial charge in [-0.1, -0.05) is 12.1 Å². The molecule has 0 saturated carbocycles. The molecule has 2 aromatic carbocycles. The molecule has 15 heteroatoms. The van der Waals surface area contributed by atoms with Gasteiger partial charge >= 0.3 is 0 Å². The molecule has 2 aliphatic heterocycles. The van der Waals surface area contributed by atoms with Crippen molar-refractivity contribution in [3.8, 4) is 23.4 Å². The van der Waals surface area contributed by atoms with E-state index in [9.17, 15) is 45.2 Å². The Hall–Kier alpha value is -4.14. The van der Waals surface area contributed by atoms with Crippen LogP contribution in [0.2, 0.25) is 0 Å². The number of ether oxygens (including phenoxy) is 4. The molecule has 0 spiro atoms. The maximum Gasteiger partial charge on any atom is 0.202 e. The van der Waals surface area contributed by atoms with Gasteiger partial charge in [0, 0.05) is 49.0 Å². The third kappa shape index (κ3) is 5.32. The Morgan fingerprint density at radius 1 is 1.15 bits per heavy atom. The monoisotopic (exact) mass is 653 g/mol. The normalized spacial score (nSPS) is 28.9. The minimum atomic E-state index is -2.31. The van der Waals surface area contributed by atoms with E-state index >= 15 is 0 Å². The number of rotatable bonds is 7. The predicted octanol–water partition coefficient (Wildman–Crippen LogP) is 0.0729. The molecule has 4 unspecified atom stereocenters. The fourth-order valence-corrected chi connectivity index (χ4v) is 7.05. The van der Waals surface area contributed by atoms with Crippen LogP contribution >= 0.6 is 0 Å². The van der Waals surface area contributed by atoms with Crippen molar-refractivity contribution in [1.82, 2.24) is 10.0 Å². The second kappa shape index (κ2) is 12.5. The van der Waals surface area contributed by atoms with Crippen LogP contribution in [0, 0.1) is 11.5 Å². The number of Topliss-reactive ketones (excluding diaryl/α,β-unsaturated/α-hetero) is 1. The van der Waals surface area contributed by atoms with Crippen LogP contribution in [0.5, 0.6) is 17.2 Å². The summed E-state index contributed by atoms with van der Waals surface area (Å²) in [6, 6.07) is 3.53. The molecule has 47 heavy (non-hydrogen) atoms.